The average Bonchev–Trinajstić information content (AvgIpc) is 2.89. The topological polar surface area (TPSA) is 109 Å². The maximum absolute atomic E-state index is 13.9. The van der Waals surface area contributed by atoms with Gasteiger partial charge in [-0.3, -0.25) is 9.78 Å². The smallest absolute Gasteiger partial charge is 0.228 e. The molecule has 3 aromatic carbocycles. The molecule has 0 aliphatic rings. The minimum atomic E-state index is -3.32. The summed E-state index contributed by atoms with van der Waals surface area (Å²) in [6, 6.07) is 22.2. The van der Waals surface area contributed by atoms with E-state index in [0.717, 1.165) is 0 Å². The average molecular weight is 516 g/mol. The molecule has 4 rings (SSSR count). The number of aromatic nitrogens is 1. The molecule has 1 amide bonds. The number of nitrogens with zero attached hydrogens (tertiary/aromatic N) is 2. The lowest BCUT2D eigenvalue weighted by molar-refractivity contribution is -0.115. The van der Waals surface area contributed by atoms with E-state index in [4.69, 9.17) is 4.74 Å². The van der Waals surface area contributed by atoms with Crippen molar-refractivity contribution in [1.29, 1.82) is 5.26 Å². The Labute approximate surface area is 214 Å². The normalized spacial score (nSPS) is 10.9. The molecule has 4 aromatic rings. The van der Waals surface area contributed by atoms with Crippen LogP contribution in [0, 0.1) is 17.1 Å². The molecule has 186 valence electrons. The number of anilines is 1. The molecule has 0 aliphatic carbocycles. The van der Waals surface area contributed by atoms with Crippen molar-refractivity contribution < 1.29 is 22.3 Å². The summed E-state index contributed by atoms with van der Waals surface area (Å²) in [5, 5.41) is 11.9. The van der Waals surface area contributed by atoms with Crippen molar-refractivity contribution in [2.75, 3.05) is 11.1 Å². The Bertz CT molecular complexity index is 1600. The van der Waals surface area contributed by atoms with Gasteiger partial charge in [-0.2, -0.15) is 5.26 Å². The van der Waals surface area contributed by atoms with Crippen LogP contribution in [0.3, 0.4) is 0 Å². The number of pyridine rings is 1. The van der Waals surface area contributed by atoms with Crippen molar-refractivity contribution in [2.45, 2.75) is 18.2 Å². The zero-order valence-electron chi connectivity index (χ0n) is 19.8. The molecule has 1 aromatic heterocycles. The van der Waals surface area contributed by atoms with Crippen LogP contribution in [-0.4, -0.2) is 25.1 Å². The van der Waals surface area contributed by atoms with Crippen molar-refractivity contribution in [3.8, 4) is 28.8 Å². The fourth-order valence-corrected chi connectivity index (χ4v) is 4.46. The third-order valence-corrected chi connectivity index (χ3v) is 7.20. The molecule has 0 bridgehead atoms. The van der Waals surface area contributed by atoms with Gasteiger partial charge in [0.2, 0.25) is 5.91 Å². The van der Waals surface area contributed by atoms with E-state index in [1.54, 1.807) is 61.5 Å². The molecule has 1 heterocycles. The van der Waals surface area contributed by atoms with E-state index < -0.39 is 15.7 Å². The molecule has 0 atom stereocenters. The van der Waals surface area contributed by atoms with Gasteiger partial charge in [-0.1, -0.05) is 37.3 Å². The van der Waals surface area contributed by atoms with Gasteiger partial charge in [0.05, 0.1) is 40.6 Å². The molecule has 0 fully saturated rings. The number of carbonyl (C=O) groups excluding carboxylic acids is 1. The predicted molar refractivity (Wildman–Crippen MR) is 137 cm³/mol. The highest BCUT2D eigenvalue weighted by molar-refractivity contribution is 7.91. The number of hydrogen-bond donors (Lipinski definition) is 1. The third-order valence-electron chi connectivity index (χ3n) is 5.45. The Hall–Kier alpha value is -4.55. The molecule has 9 heteroatoms. The number of ether oxygens (including phenoxy) is 1. The van der Waals surface area contributed by atoms with E-state index >= 15 is 0 Å². The maximum atomic E-state index is 13.9. The lowest BCUT2D eigenvalue weighted by Gasteiger charge is -2.13. The molecule has 0 aliphatic heterocycles. The number of hydrogen-bond acceptors (Lipinski definition) is 6. The number of rotatable bonds is 8. The van der Waals surface area contributed by atoms with Gasteiger partial charge in [0.25, 0.3) is 0 Å². The molecular formula is C28H22FN3O4S. The Morgan fingerprint density at radius 3 is 2.51 bits per heavy atom. The van der Waals surface area contributed by atoms with Gasteiger partial charge in [0.15, 0.2) is 15.6 Å². The van der Waals surface area contributed by atoms with Crippen LogP contribution in [0.25, 0.3) is 11.3 Å². The number of carbonyl (C=O) groups is 1. The zero-order chi connectivity index (χ0) is 26.4. The number of amides is 1. The first-order valence-electron chi connectivity index (χ1n) is 11.3. The quantitative estimate of drug-likeness (QED) is 0.331. The summed E-state index contributed by atoms with van der Waals surface area (Å²) in [6.45, 7) is 1.57. The first-order valence-corrected chi connectivity index (χ1v) is 13.0. The van der Waals surface area contributed by atoms with Crippen molar-refractivity contribution in [3.63, 3.8) is 0 Å². The fraction of sp³-hybridized carbons (Fsp3) is 0.107. The van der Waals surface area contributed by atoms with Crippen molar-refractivity contribution in [1.82, 2.24) is 4.98 Å². The Morgan fingerprint density at radius 1 is 1.05 bits per heavy atom. The minimum absolute atomic E-state index is 0.00331. The predicted octanol–water partition coefficient (Wildman–Crippen LogP) is 5.53. The molecule has 7 nitrogen and oxygen atoms in total. The Kier molecular flexibility index (Phi) is 7.60. The Morgan fingerprint density at radius 2 is 1.81 bits per heavy atom. The third kappa shape index (κ3) is 6.37. The van der Waals surface area contributed by atoms with Gasteiger partial charge >= 0.3 is 0 Å². The molecule has 0 unspecified atom stereocenters. The second-order valence-corrected chi connectivity index (χ2v) is 10.4. The fourth-order valence-electron chi connectivity index (χ4n) is 3.57. The summed E-state index contributed by atoms with van der Waals surface area (Å²) in [6.07, 6.45) is 1.45. The second kappa shape index (κ2) is 11.0. The number of halogens is 1. The van der Waals surface area contributed by atoms with Crippen molar-refractivity contribution >= 4 is 21.4 Å². The summed E-state index contributed by atoms with van der Waals surface area (Å²) < 4.78 is 43.9. The summed E-state index contributed by atoms with van der Waals surface area (Å²) in [5.41, 5.74) is 2.22. The Balaban J connectivity index is 1.58. The number of benzene rings is 3. The maximum Gasteiger partial charge on any atom is 0.228 e. The van der Waals surface area contributed by atoms with Gasteiger partial charge in [-0.15, -0.1) is 0 Å². The number of nitriles is 1. The van der Waals surface area contributed by atoms with Crippen LogP contribution in [0.15, 0.2) is 90.0 Å². The SMILES string of the molecule is CCS(=O)(=O)c1ccc(CC(=O)Nc2cnc(-c3cccc(F)c3)c(Oc3cccc(C#N)c3)c2)cc1. The van der Waals surface area contributed by atoms with Crippen LogP contribution >= 0.6 is 0 Å². The van der Waals surface area contributed by atoms with Gasteiger partial charge in [-0.05, 0) is 48.0 Å². The lowest BCUT2D eigenvalue weighted by atomic mass is 10.1. The molecular weight excluding hydrogens is 493 g/mol. The molecule has 0 saturated carbocycles. The van der Waals surface area contributed by atoms with E-state index in [-0.39, 0.29) is 28.7 Å². The van der Waals surface area contributed by atoms with Crippen LogP contribution in [-0.2, 0) is 21.1 Å². The van der Waals surface area contributed by atoms with Gasteiger partial charge in [0, 0.05) is 11.6 Å². The van der Waals surface area contributed by atoms with Crippen molar-refractivity contribution in [2.24, 2.45) is 0 Å². The number of nitrogens with one attached hydrogen (secondary N) is 1. The molecule has 37 heavy (non-hydrogen) atoms. The lowest BCUT2D eigenvalue weighted by Crippen LogP contribution is -2.15. The largest absolute Gasteiger partial charge is 0.455 e. The molecule has 0 saturated heterocycles. The van der Waals surface area contributed by atoms with Crippen molar-refractivity contribution in [3.05, 3.63) is 102 Å². The van der Waals surface area contributed by atoms with Gasteiger partial charge < -0.3 is 10.1 Å². The van der Waals surface area contributed by atoms with E-state index in [2.05, 4.69) is 10.3 Å². The minimum Gasteiger partial charge on any atom is -0.455 e. The molecule has 0 spiro atoms. The monoisotopic (exact) mass is 515 g/mol. The van der Waals surface area contributed by atoms with Crippen LogP contribution in [0.4, 0.5) is 10.1 Å². The molecule has 1 N–H and O–H groups in total. The molecule has 0 radical (unpaired) electrons. The first kappa shape index (κ1) is 25.5. The van der Waals surface area contributed by atoms with E-state index in [0.29, 0.717) is 33.8 Å². The van der Waals surface area contributed by atoms with Crippen LogP contribution in [0.1, 0.15) is 18.1 Å². The standard InChI is InChI=1S/C28H22FN3O4S/c1-2-37(34,35)25-11-9-19(10-12-25)14-27(33)32-23-16-26(36-24-8-3-5-20(13-24)17-30)28(31-18-23)21-6-4-7-22(29)15-21/h3-13,15-16,18H,2,14H2,1H3,(H,32,33). The van der Waals surface area contributed by atoms with Gasteiger partial charge in [-0.25, -0.2) is 12.8 Å². The van der Waals surface area contributed by atoms with Crippen LogP contribution in [0.2, 0.25) is 0 Å². The van der Waals surface area contributed by atoms with E-state index in [9.17, 15) is 22.9 Å². The van der Waals surface area contributed by atoms with E-state index in [1.807, 2.05) is 6.07 Å². The second-order valence-electron chi connectivity index (χ2n) is 8.10. The highest BCUT2D eigenvalue weighted by Gasteiger charge is 2.15. The van der Waals surface area contributed by atoms with Crippen LogP contribution < -0.4 is 10.1 Å². The zero-order valence-corrected chi connectivity index (χ0v) is 20.6. The van der Waals surface area contributed by atoms with E-state index in [1.165, 1.54) is 30.5 Å². The summed E-state index contributed by atoms with van der Waals surface area (Å²) in [5.74, 6) is -0.149. The van der Waals surface area contributed by atoms with Gasteiger partial charge in [0.1, 0.15) is 17.3 Å². The summed E-state index contributed by atoms with van der Waals surface area (Å²) in [4.78, 5) is 17.3. The number of sulfone groups is 1. The highest BCUT2D eigenvalue weighted by Crippen LogP contribution is 2.34. The summed E-state index contributed by atoms with van der Waals surface area (Å²) in [7, 11) is -3.32. The highest BCUT2D eigenvalue weighted by atomic mass is 32.2. The summed E-state index contributed by atoms with van der Waals surface area (Å²) >= 11 is 0. The first-order chi connectivity index (χ1) is 17.8. The van der Waals surface area contributed by atoms with Crippen LogP contribution in [0.5, 0.6) is 11.5 Å².